The molecule has 114 valence electrons. The summed E-state index contributed by atoms with van der Waals surface area (Å²) in [6.45, 7) is 2.96. The molecule has 0 amide bonds. The van der Waals surface area contributed by atoms with Crippen LogP contribution in [0.4, 0.5) is 21.7 Å². The van der Waals surface area contributed by atoms with Gasteiger partial charge in [0.1, 0.15) is 12.4 Å². The van der Waals surface area contributed by atoms with Gasteiger partial charge in [-0.3, -0.25) is 0 Å². The van der Waals surface area contributed by atoms with Crippen LogP contribution in [-0.4, -0.2) is 42.3 Å². The first-order valence-corrected chi connectivity index (χ1v) is 7.22. The molecule has 0 bridgehead atoms. The number of anilines is 3. The summed E-state index contributed by atoms with van der Waals surface area (Å²) < 4.78 is 18.8. The second kappa shape index (κ2) is 5.01. The van der Waals surface area contributed by atoms with E-state index in [0.29, 0.717) is 18.2 Å². The van der Waals surface area contributed by atoms with E-state index in [1.54, 1.807) is 0 Å². The molecule has 1 unspecified atom stereocenters. The second-order valence-electron chi connectivity index (χ2n) is 5.53. The van der Waals surface area contributed by atoms with Crippen LogP contribution in [0.5, 0.6) is 5.75 Å². The van der Waals surface area contributed by atoms with Crippen LogP contribution in [0.2, 0.25) is 0 Å². The Morgan fingerprint density at radius 1 is 1.23 bits per heavy atom. The average molecular weight is 301 g/mol. The van der Waals surface area contributed by atoms with Crippen LogP contribution in [-0.2, 0) is 0 Å². The van der Waals surface area contributed by atoms with Crippen LogP contribution in [0.15, 0.2) is 30.6 Å². The third kappa shape index (κ3) is 2.18. The highest BCUT2D eigenvalue weighted by Gasteiger charge is 2.33. The molecule has 1 fully saturated rings. The number of hydrogen-bond acceptors (Lipinski definition) is 6. The molecule has 3 heterocycles. The summed E-state index contributed by atoms with van der Waals surface area (Å²) in [7, 11) is 0. The van der Waals surface area contributed by atoms with E-state index in [1.165, 1.54) is 12.4 Å². The number of aromatic nitrogens is 2. The molecule has 2 N–H and O–H groups in total. The van der Waals surface area contributed by atoms with Crippen molar-refractivity contribution in [1.29, 1.82) is 0 Å². The molecule has 4 rings (SSSR count). The summed E-state index contributed by atoms with van der Waals surface area (Å²) in [5.41, 5.74) is 7.58. The van der Waals surface area contributed by atoms with Gasteiger partial charge in [0.2, 0.25) is 5.95 Å². The summed E-state index contributed by atoms with van der Waals surface area (Å²) in [5.74, 6) is 0.974. The van der Waals surface area contributed by atoms with Crippen LogP contribution in [0.3, 0.4) is 0 Å². The van der Waals surface area contributed by atoms with Gasteiger partial charge in [-0.25, -0.2) is 14.4 Å². The smallest absolute Gasteiger partial charge is 0.225 e. The van der Waals surface area contributed by atoms with Crippen molar-refractivity contribution in [3.63, 3.8) is 0 Å². The molecule has 7 heteroatoms. The lowest BCUT2D eigenvalue weighted by atomic mass is 10.1. The van der Waals surface area contributed by atoms with Crippen LogP contribution >= 0.6 is 0 Å². The summed E-state index contributed by atoms with van der Waals surface area (Å²) in [4.78, 5) is 12.5. The Morgan fingerprint density at radius 2 is 2.05 bits per heavy atom. The summed E-state index contributed by atoms with van der Waals surface area (Å²) in [6.07, 6.45) is 2.40. The van der Waals surface area contributed by atoms with Crippen LogP contribution in [0.1, 0.15) is 0 Å². The lowest BCUT2D eigenvalue weighted by Crippen LogP contribution is -2.57. The fourth-order valence-electron chi connectivity index (χ4n) is 3.04. The lowest BCUT2D eigenvalue weighted by molar-refractivity contribution is 0.254. The van der Waals surface area contributed by atoms with Gasteiger partial charge in [0.25, 0.3) is 0 Å². The average Bonchev–Trinajstić information content (AvgIpc) is 2.54. The normalized spacial score (nSPS) is 20.1. The third-order valence-corrected chi connectivity index (χ3v) is 4.10. The second-order valence-corrected chi connectivity index (χ2v) is 5.53. The van der Waals surface area contributed by atoms with E-state index in [4.69, 9.17) is 10.5 Å². The van der Waals surface area contributed by atoms with Crippen molar-refractivity contribution < 1.29 is 9.13 Å². The minimum absolute atomic E-state index is 0.221. The van der Waals surface area contributed by atoms with Gasteiger partial charge in [0, 0.05) is 31.4 Å². The van der Waals surface area contributed by atoms with Gasteiger partial charge in [0.05, 0.1) is 24.1 Å². The Labute approximate surface area is 127 Å². The molecule has 22 heavy (non-hydrogen) atoms. The van der Waals surface area contributed by atoms with Gasteiger partial charge in [-0.05, 0) is 12.1 Å². The Balaban J connectivity index is 1.56. The van der Waals surface area contributed by atoms with E-state index in [2.05, 4.69) is 19.8 Å². The molecule has 0 aliphatic carbocycles. The fraction of sp³-hybridized carbons (Fsp3) is 0.333. The molecule has 6 nitrogen and oxygen atoms in total. The van der Waals surface area contributed by atoms with Gasteiger partial charge >= 0.3 is 0 Å². The first-order valence-electron chi connectivity index (χ1n) is 7.22. The molecule has 1 aromatic carbocycles. The fourth-order valence-corrected chi connectivity index (χ4v) is 3.04. The number of nitrogens with zero attached hydrogens (tertiary/aromatic N) is 4. The molecule has 0 saturated carbocycles. The highest BCUT2D eigenvalue weighted by molar-refractivity contribution is 5.66. The first-order chi connectivity index (χ1) is 10.7. The Bertz CT molecular complexity index is 693. The van der Waals surface area contributed by atoms with Crippen LogP contribution in [0, 0.1) is 5.82 Å². The maximum absolute atomic E-state index is 12.9. The predicted octanol–water partition coefficient (Wildman–Crippen LogP) is 1.29. The molecule has 1 aromatic heterocycles. The van der Waals surface area contributed by atoms with Crippen LogP contribution in [0.25, 0.3) is 0 Å². The van der Waals surface area contributed by atoms with E-state index in [0.717, 1.165) is 31.1 Å². The van der Waals surface area contributed by atoms with Gasteiger partial charge in [-0.2, -0.15) is 0 Å². The minimum Gasteiger partial charge on any atom is -0.489 e. The minimum atomic E-state index is -0.421. The van der Waals surface area contributed by atoms with Crippen molar-refractivity contribution >= 4 is 17.3 Å². The molecule has 2 aliphatic heterocycles. The van der Waals surface area contributed by atoms with Gasteiger partial charge in [0.15, 0.2) is 5.82 Å². The monoisotopic (exact) mass is 301 g/mol. The number of hydrogen-bond donors (Lipinski definition) is 1. The van der Waals surface area contributed by atoms with Gasteiger partial charge in [-0.15, -0.1) is 0 Å². The molecule has 1 saturated heterocycles. The van der Waals surface area contributed by atoms with Crippen molar-refractivity contribution in [1.82, 2.24) is 9.97 Å². The van der Waals surface area contributed by atoms with Crippen molar-refractivity contribution in [3.8, 4) is 5.75 Å². The summed E-state index contributed by atoms with van der Waals surface area (Å²) in [5, 5.41) is 0. The number of benzene rings is 1. The van der Waals surface area contributed by atoms with Crippen molar-refractivity contribution in [2.24, 2.45) is 0 Å². The maximum Gasteiger partial charge on any atom is 0.225 e. The standard InChI is InChI=1S/C15H16FN5O/c16-10-6-18-15(19-7-10)20-3-4-21-12(8-20)9-22-14-5-11(17)1-2-13(14)21/h1-2,5-7,12H,3-4,8-9,17H2. The number of rotatable bonds is 1. The van der Waals surface area contributed by atoms with Crippen molar-refractivity contribution in [2.45, 2.75) is 6.04 Å². The number of nitrogens with two attached hydrogens (primary N) is 1. The number of nitrogen functional groups attached to an aromatic ring is 1. The summed E-state index contributed by atoms with van der Waals surface area (Å²) in [6, 6.07) is 5.97. The van der Waals surface area contributed by atoms with Crippen molar-refractivity contribution in [2.75, 3.05) is 41.8 Å². The molecule has 0 spiro atoms. The van der Waals surface area contributed by atoms with E-state index >= 15 is 0 Å². The van der Waals surface area contributed by atoms with Gasteiger partial charge in [-0.1, -0.05) is 0 Å². The highest BCUT2D eigenvalue weighted by Crippen LogP contribution is 2.36. The van der Waals surface area contributed by atoms with Gasteiger partial charge < -0.3 is 20.3 Å². The molecule has 2 aromatic rings. The van der Waals surface area contributed by atoms with E-state index in [1.807, 2.05) is 18.2 Å². The van der Waals surface area contributed by atoms with E-state index in [-0.39, 0.29) is 6.04 Å². The SMILES string of the molecule is Nc1ccc2c(c1)OCC1CN(c3ncc(F)cn3)CCN21. The van der Waals surface area contributed by atoms with Crippen molar-refractivity contribution in [3.05, 3.63) is 36.4 Å². The molecule has 2 aliphatic rings. The first kappa shape index (κ1) is 13.1. The number of fused-ring (bicyclic) bond motifs is 3. The topological polar surface area (TPSA) is 67.5 Å². The van der Waals surface area contributed by atoms with E-state index < -0.39 is 5.82 Å². The number of ether oxygens (including phenoxy) is 1. The van der Waals surface area contributed by atoms with Crippen LogP contribution < -0.4 is 20.3 Å². The Morgan fingerprint density at radius 3 is 2.86 bits per heavy atom. The number of piperazine rings is 1. The third-order valence-electron chi connectivity index (χ3n) is 4.10. The zero-order chi connectivity index (χ0) is 15.1. The Hall–Kier alpha value is -2.57. The molecular formula is C15H16FN5O. The largest absolute Gasteiger partial charge is 0.489 e. The quantitative estimate of drug-likeness (QED) is 0.801. The highest BCUT2D eigenvalue weighted by atomic mass is 19.1. The molecule has 0 radical (unpaired) electrons. The summed E-state index contributed by atoms with van der Waals surface area (Å²) >= 11 is 0. The lowest BCUT2D eigenvalue weighted by Gasteiger charge is -2.45. The zero-order valence-electron chi connectivity index (χ0n) is 11.9. The molecule has 1 atom stereocenters. The number of halogens is 1. The zero-order valence-corrected chi connectivity index (χ0v) is 11.9. The maximum atomic E-state index is 12.9. The predicted molar refractivity (Wildman–Crippen MR) is 81.7 cm³/mol. The van der Waals surface area contributed by atoms with E-state index in [9.17, 15) is 4.39 Å². The Kier molecular flexibility index (Phi) is 2.99. The molecular weight excluding hydrogens is 285 g/mol.